The van der Waals surface area contributed by atoms with Gasteiger partial charge >= 0.3 is 0 Å². The summed E-state index contributed by atoms with van der Waals surface area (Å²) in [6.45, 7) is 4.29. The van der Waals surface area contributed by atoms with Gasteiger partial charge in [0.15, 0.2) is 0 Å². The zero-order valence-corrected chi connectivity index (χ0v) is 11.9. The first kappa shape index (κ1) is 14.6. The van der Waals surface area contributed by atoms with Crippen molar-refractivity contribution in [1.82, 2.24) is 0 Å². The highest BCUT2D eigenvalue weighted by Gasteiger charge is 2.00. The zero-order valence-electron chi connectivity index (χ0n) is 11.1. The summed E-state index contributed by atoms with van der Waals surface area (Å²) in [5, 5.41) is 0. The van der Waals surface area contributed by atoms with E-state index in [-0.39, 0.29) is 6.04 Å². The SMILES string of the molecule is CCCCCCCSc1cccc(C(C)N)c1. The summed E-state index contributed by atoms with van der Waals surface area (Å²) in [7, 11) is 0. The normalized spacial score (nSPS) is 12.6. The van der Waals surface area contributed by atoms with Crippen molar-refractivity contribution in [3.63, 3.8) is 0 Å². The van der Waals surface area contributed by atoms with Crippen molar-refractivity contribution in [3.05, 3.63) is 29.8 Å². The molecule has 0 aromatic heterocycles. The summed E-state index contributed by atoms with van der Waals surface area (Å²) in [5.74, 6) is 1.23. The first-order chi connectivity index (χ1) is 8.24. The highest BCUT2D eigenvalue weighted by atomic mass is 32.2. The van der Waals surface area contributed by atoms with Gasteiger partial charge in [0.1, 0.15) is 0 Å². The Labute approximate surface area is 110 Å². The van der Waals surface area contributed by atoms with Crippen LogP contribution in [0.3, 0.4) is 0 Å². The minimum atomic E-state index is 0.139. The standard InChI is InChI=1S/C15H25NS/c1-3-4-5-6-7-11-17-15-10-8-9-14(12-15)13(2)16/h8-10,12-13H,3-7,11,16H2,1-2H3. The maximum absolute atomic E-state index is 5.88. The molecular weight excluding hydrogens is 226 g/mol. The van der Waals surface area contributed by atoms with Crippen LogP contribution in [0.15, 0.2) is 29.2 Å². The monoisotopic (exact) mass is 251 g/mol. The second-order valence-corrected chi connectivity index (χ2v) is 5.79. The minimum Gasteiger partial charge on any atom is -0.324 e. The lowest BCUT2D eigenvalue weighted by Crippen LogP contribution is -2.04. The van der Waals surface area contributed by atoms with Gasteiger partial charge in [0.25, 0.3) is 0 Å². The van der Waals surface area contributed by atoms with Crippen LogP contribution in [0, 0.1) is 0 Å². The van der Waals surface area contributed by atoms with E-state index in [0.29, 0.717) is 0 Å². The molecule has 0 heterocycles. The number of benzene rings is 1. The predicted molar refractivity (Wildman–Crippen MR) is 78.5 cm³/mol. The zero-order chi connectivity index (χ0) is 12.5. The molecule has 0 radical (unpaired) electrons. The van der Waals surface area contributed by atoms with Gasteiger partial charge in [-0.2, -0.15) is 0 Å². The fourth-order valence-electron chi connectivity index (χ4n) is 1.78. The predicted octanol–water partition coefficient (Wildman–Crippen LogP) is 4.77. The Morgan fingerprint density at radius 1 is 1.18 bits per heavy atom. The summed E-state index contributed by atoms with van der Waals surface area (Å²) < 4.78 is 0. The summed E-state index contributed by atoms with van der Waals surface area (Å²) in [6.07, 6.45) is 6.78. The van der Waals surface area contributed by atoms with Crippen molar-refractivity contribution >= 4 is 11.8 Å². The first-order valence-corrected chi connectivity index (χ1v) is 7.71. The molecule has 0 spiro atoms. The molecule has 0 saturated heterocycles. The van der Waals surface area contributed by atoms with Gasteiger partial charge in [-0.1, -0.05) is 44.7 Å². The number of unbranched alkanes of at least 4 members (excludes halogenated alkanes) is 4. The highest BCUT2D eigenvalue weighted by Crippen LogP contribution is 2.22. The van der Waals surface area contributed by atoms with Crippen LogP contribution in [-0.2, 0) is 0 Å². The fraction of sp³-hybridized carbons (Fsp3) is 0.600. The van der Waals surface area contributed by atoms with Gasteiger partial charge in [-0.25, -0.2) is 0 Å². The van der Waals surface area contributed by atoms with Crippen molar-refractivity contribution in [2.75, 3.05) is 5.75 Å². The average molecular weight is 251 g/mol. The van der Waals surface area contributed by atoms with E-state index in [2.05, 4.69) is 31.2 Å². The molecule has 1 aromatic rings. The largest absolute Gasteiger partial charge is 0.324 e. The van der Waals surface area contributed by atoms with Crippen LogP contribution >= 0.6 is 11.8 Å². The second-order valence-electron chi connectivity index (χ2n) is 4.62. The number of rotatable bonds is 8. The molecule has 96 valence electrons. The first-order valence-electron chi connectivity index (χ1n) is 6.72. The maximum atomic E-state index is 5.88. The lowest BCUT2D eigenvalue weighted by molar-refractivity contribution is 0.659. The van der Waals surface area contributed by atoms with Gasteiger partial charge in [0, 0.05) is 10.9 Å². The quantitative estimate of drug-likeness (QED) is 0.532. The molecule has 0 aliphatic rings. The van der Waals surface area contributed by atoms with Gasteiger partial charge in [0.05, 0.1) is 0 Å². The van der Waals surface area contributed by atoms with E-state index < -0.39 is 0 Å². The smallest absolute Gasteiger partial charge is 0.0266 e. The number of nitrogens with two attached hydrogens (primary N) is 1. The van der Waals surface area contributed by atoms with Crippen LogP contribution in [0.5, 0.6) is 0 Å². The molecule has 1 unspecified atom stereocenters. The Hall–Kier alpha value is -0.470. The van der Waals surface area contributed by atoms with E-state index in [0.717, 1.165) is 0 Å². The van der Waals surface area contributed by atoms with Crippen molar-refractivity contribution in [2.24, 2.45) is 5.73 Å². The van der Waals surface area contributed by atoms with E-state index in [1.165, 1.54) is 48.3 Å². The molecular formula is C15H25NS. The molecule has 0 fully saturated rings. The third kappa shape index (κ3) is 6.13. The Morgan fingerprint density at radius 3 is 2.65 bits per heavy atom. The maximum Gasteiger partial charge on any atom is 0.0266 e. The number of hydrogen-bond donors (Lipinski definition) is 1. The number of thioether (sulfide) groups is 1. The van der Waals surface area contributed by atoms with Gasteiger partial charge in [0.2, 0.25) is 0 Å². The Bertz CT molecular complexity index is 310. The summed E-state index contributed by atoms with van der Waals surface area (Å²) >= 11 is 1.95. The molecule has 1 nitrogen and oxygen atoms in total. The second kappa shape index (κ2) is 8.60. The van der Waals surface area contributed by atoms with Crippen molar-refractivity contribution in [2.45, 2.75) is 56.9 Å². The van der Waals surface area contributed by atoms with E-state index in [4.69, 9.17) is 5.73 Å². The van der Waals surface area contributed by atoms with Crippen LogP contribution < -0.4 is 5.73 Å². The van der Waals surface area contributed by atoms with Crippen molar-refractivity contribution in [1.29, 1.82) is 0 Å². The molecule has 1 rings (SSSR count). The lowest BCUT2D eigenvalue weighted by Gasteiger charge is -2.07. The lowest BCUT2D eigenvalue weighted by atomic mass is 10.1. The molecule has 2 heteroatoms. The van der Waals surface area contributed by atoms with Crippen LogP contribution in [-0.4, -0.2) is 5.75 Å². The summed E-state index contributed by atoms with van der Waals surface area (Å²) in [4.78, 5) is 1.36. The molecule has 1 atom stereocenters. The van der Waals surface area contributed by atoms with Crippen molar-refractivity contribution < 1.29 is 0 Å². The van der Waals surface area contributed by atoms with Gasteiger partial charge < -0.3 is 5.73 Å². The van der Waals surface area contributed by atoms with Gasteiger partial charge in [-0.3, -0.25) is 0 Å². The van der Waals surface area contributed by atoms with E-state index in [1.807, 2.05) is 18.7 Å². The van der Waals surface area contributed by atoms with Crippen LogP contribution in [0.4, 0.5) is 0 Å². The molecule has 0 amide bonds. The van der Waals surface area contributed by atoms with E-state index in [9.17, 15) is 0 Å². The molecule has 0 aliphatic heterocycles. The molecule has 0 bridgehead atoms. The average Bonchev–Trinajstić information content (AvgIpc) is 2.34. The topological polar surface area (TPSA) is 26.0 Å². The summed E-state index contributed by atoms with van der Waals surface area (Å²) in [5.41, 5.74) is 7.12. The number of hydrogen-bond acceptors (Lipinski definition) is 2. The highest BCUT2D eigenvalue weighted by molar-refractivity contribution is 7.99. The summed E-state index contributed by atoms with van der Waals surface area (Å²) in [6, 6.07) is 8.76. The van der Waals surface area contributed by atoms with E-state index in [1.54, 1.807) is 0 Å². The third-order valence-electron chi connectivity index (χ3n) is 2.90. The molecule has 2 N–H and O–H groups in total. The molecule has 17 heavy (non-hydrogen) atoms. The minimum absolute atomic E-state index is 0.139. The Balaban J connectivity index is 2.24. The molecule has 0 aliphatic carbocycles. The van der Waals surface area contributed by atoms with Gasteiger partial charge in [-0.05, 0) is 36.8 Å². The van der Waals surface area contributed by atoms with Crippen molar-refractivity contribution in [3.8, 4) is 0 Å². The van der Waals surface area contributed by atoms with Crippen LogP contribution in [0.2, 0.25) is 0 Å². The van der Waals surface area contributed by atoms with Gasteiger partial charge in [-0.15, -0.1) is 11.8 Å². The van der Waals surface area contributed by atoms with E-state index >= 15 is 0 Å². The van der Waals surface area contributed by atoms with Crippen LogP contribution in [0.25, 0.3) is 0 Å². The van der Waals surface area contributed by atoms with Crippen LogP contribution in [0.1, 0.15) is 57.6 Å². The third-order valence-corrected chi connectivity index (χ3v) is 3.98. The Morgan fingerprint density at radius 2 is 1.94 bits per heavy atom. The molecule has 0 saturated carbocycles. The molecule has 1 aromatic carbocycles. The fourth-order valence-corrected chi connectivity index (χ4v) is 2.76. The Kier molecular flexibility index (Phi) is 7.38.